The molecule has 0 spiro atoms. The van der Waals surface area contributed by atoms with Gasteiger partial charge in [0.05, 0.1) is 5.92 Å². The lowest BCUT2D eigenvalue weighted by atomic mass is 9.96. The molecule has 0 atom stereocenters. The van der Waals surface area contributed by atoms with Crippen molar-refractivity contribution in [1.82, 2.24) is 4.90 Å². The van der Waals surface area contributed by atoms with Crippen molar-refractivity contribution in [3.05, 3.63) is 35.4 Å². The van der Waals surface area contributed by atoms with Crippen LogP contribution in [0.15, 0.2) is 24.3 Å². The number of carboxylic acids is 1. The molecule has 1 heterocycles. The summed E-state index contributed by atoms with van der Waals surface area (Å²) >= 11 is 1.75. The van der Waals surface area contributed by atoms with E-state index >= 15 is 0 Å². The van der Waals surface area contributed by atoms with Crippen molar-refractivity contribution < 1.29 is 14.7 Å². The molecule has 1 N–H and O–H groups in total. The number of hydrogen-bond donors (Lipinski definition) is 1. The van der Waals surface area contributed by atoms with E-state index in [-0.39, 0.29) is 11.8 Å². The summed E-state index contributed by atoms with van der Waals surface area (Å²) in [6.07, 6.45) is 3.14. The van der Waals surface area contributed by atoms with Gasteiger partial charge in [-0.3, -0.25) is 9.59 Å². The number of amides is 1. The zero-order chi connectivity index (χ0) is 14.5. The predicted molar refractivity (Wildman–Crippen MR) is 79.9 cm³/mol. The zero-order valence-corrected chi connectivity index (χ0v) is 12.4. The Morgan fingerprint density at radius 2 is 1.85 bits per heavy atom. The molecule has 0 saturated carbocycles. The molecule has 1 aliphatic rings. The van der Waals surface area contributed by atoms with Gasteiger partial charge in [-0.2, -0.15) is 11.8 Å². The minimum absolute atomic E-state index is 0.00420. The highest BCUT2D eigenvalue weighted by Crippen LogP contribution is 2.19. The Morgan fingerprint density at radius 3 is 2.35 bits per heavy atom. The van der Waals surface area contributed by atoms with E-state index in [1.54, 1.807) is 16.7 Å². The Bertz CT molecular complexity index is 478. The van der Waals surface area contributed by atoms with E-state index in [1.165, 1.54) is 5.56 Å². The van der Waals surface area contributed by atoms with Crippen LogP contribution in [0.1, 0.15) is 28.8 Å². The summed E-state index contributed by atoms with van der Waals surface area (Å²) in [6.45, 7) is 1.06. The first-order chi connectivity index (χ1) is 9.61. The second kappa shape index (κ2) is 6.79. The summed E-state index contributed by atoms with van der Waals surface area (Å²) in [5.41, 5.74) is 1.89. The third-order valence-electron chi connectivity index (χ3n) is 3.64. The maximum Gasteiger partial charge on any atom is 0.306 e. The number of piperidine rings is 1. The van der Waals surface area contributed by atoms with Crippen LogP contribution in [0.4, 0.5) is 0 Å². The normalized spacial score (nSPS) is 16.1. The van der Waals surface area contributed by atoms with Crippen LogP contribution in [0, 0.1) is 5.92 Å². The van der Waals surface area contributed by atoms with E-state index in [1.807, 2.05) is 30.5 Å². The number of likely N-dealkylation sites (tertiary alicyclic amines) is 1. The van der Waals surface area contributed by atoms with Gasteiger partial charge in [0.25, 0.3) is 5.91 Å². The molecule has 0 radical (unpaired) electrons. The van der Waals surface area contributed by atoms with Gasteiger partial charge in [0.2, 0.25) is 0 Å². The third kappa shape index (κ3) is 3.54. The fourth-order valence-corrected chi connectivity index (χ4v) is 2.95. The molecule has 0 aliphatic carbocycles. The van der Waals surface area contributed by atoms with Crippen molar-refractivity contribution in [1.29, 1.82) is 0 Å². The molecular weight excluding hydrogens is 274 g/mol. The van der Waals surface area contributed by atoms with E-state index in [0.717, 1.165) is 5.75 Å². The summed E-state index contributed by atoms with van der Waals surface area (Å²) in [5, 5.41) is 8.96. The summed E-state index contributed by atoms with van der Waals surface area (Å²) in [5.74, 6) is -0.107. The maximum absolute atomic E-state index is 12.3. The van der Waals surface area contributed by atoms with Crippen LogP contribution in [0.2, 0.25) is 0 Å². The number of carboxylic acid groups (broad SMARTS) is 1. The molecule has 0 bridgehead atoms. The number of benzene rings is 1. The van der Waals surface area contributed by atoms with Gasteiger partial charge >= 0.3 is 5.97 Å². The lowest BCUT2D eigenvalue weighted by Crippen LogP contribution is -2.40. The van der Waals surface area contributed by atoms with Gasteiger partial charge in [0.1, 0.15) is 0 Å². The minimum Gasteiger partial charge on any atom is -0.481 e. The monoisotopic (exact) mass is 293 g/mol. The standard InChI is InChI=1S/C15H19NO3S/c1-20-10-11-2-4-12(5-3-11)14(17)16-8-6-13(7-9-16)15(18)19/h2-5,13H,6-10H2,1H3,(H,18,19). The van der Waals surface area contributed by atoms with Crippen molar-refractivity contribution in [2.75, 3.05) is 19.3 Å². The number of rotatable bonds is 4. The maximum atomic E-state index is 12.3. The smallest absolute Gasteiger partial charge is 0.306 e. The Kier molecular flexibility index (Phi) is 5.06. The highest BCUT2D eigenvalue weighted by molar-refractivity contribution is 7.97. The molecule has 0 unspecified atom stereocenters. The van der Waals surface area contributed by atoms with Crippen LogP contribution in [-0.2, 0) is 10.5 Å². The number of nitrogens with zero attached hydrogens (tertiary/aromatic N) is 1. The van der Waals surface area contributed by atoms with Crippen molar-refractivity contribution in [2.24, 2.45) is 5.92 Å². The Hall–Kier alpha value is -1.49. The molecule has 20 heavy (non-hydrogen) atoms. The molecule has 1 amide bonds. The largest absolute Gasteiger partial charge is 0.481 e. The second-order valence-corrected chi connectivity index (χ2v) is 5.90. The van der Waals surface area contributed by atoms with Gasteiger partial charge in [0, 0.05) is 24.4 Å². The van der Waals surface area contributed by atoms with Gasteiger partial charge < -0.3 is 10.0 Å². The van der Waals surface area contributed by atoms with Crippen LogP contribution in [0.3, 0.4) is 0 Å². The first kappa shape index (κ1) is 14.9. The molecule has 108 valence electrons. The summed E-state index contributed by atoms with van der Waals surface area (Å²) in [6, 6.07) is 7.68. The molecule has 1 aliphatic heterocycles. The second-order valence-electron chi connectivity index (χ2n) is 5.03. The third-order valence-corrected chi connectivity index (χ3v) is 4.27. The van der Waals surface area contributed by atoms with E-state index in [4.69, 9.17) is 5.11 Å². The molecule has 0 aromatic heterocycles. The molecule has 4 nitrogen and oxygen atoms in total. The molecule has 1 aromatic carbocycles. The molecule has 1 saturated heterocycles. The van der Waals surface area contributed by atoms with Crippen LogP contribution in [0.5, 0.6) is 0 Å². The van der Waals surface area contributed by atoms with Crippen LogP contribution < -0.4 is 0 Å². The van der Waals surface area contributed by atoms with E-state index in [0.29, 0.717) is 31.5 Å². The van der Waals surface area contributed by atoms with E-state index in [9.17, 15) is 9.59 Å². The average Bonchev–Trinajstić information content (AvgIpc) is 2.48. The van der Waals surface area contributed by atoms with E-state index < -0.39 is 5.97 Å². The van der Waals surface area contributed by atoms with Gasteiger partial charge in [-0.15, -0.1) is 0 Å². The van der Waals surface area contributed by atoms with E-state index in [2.05, 4.69) is 0 Å². The fourth-order valence-electron chi connectivity index (χ4n) is 2.42. The number of aliphatic carboxylic acids is 1. The van der Waals surface area contributed by atoms with Gasteiger partial charge in [-0.05, 0) is 36.8 Å². The van der Waals surface area contributed by atoms with Crippen molar-refractivity contribution in [3.8, 4) is 0 Å². The average molecular weight is 293 g/mol. The highest BCUT2D eigenvalue weighted by Gasteiger charge is 2.27. The SMILES string of the molecule is CSCc1ccc(C(=O)N2CCC(C(=O)O)CC2)cc1. The Labute approximate surface area is 123 Å². The van der Waals surface area contributed by atoms with Gasteiger partial charge in [0.15, 0.2) is 0 Å². The molecule has 1 fully saturated rings. The fraction of sp³-hybridized carbons (Fsp3) is 0.467. The summed E-state index contributed by atoms with van der Waals surface area (Å²) in [7, 11) is 0. The molecule has 5 heteroatoms. The Balaban J connectivity index is 1.96. The van der Waals surface area contributed by atoms with Crippen LogP contribution >= 0.6 is 11.8 Å². The molecular formula is C15H19NO3S. The number of carbonyl (C=O) groups is 2. The number of thioether (sulfide) groups is 1. The van der Waals surface area contributed by atoms with Crippen LogP contribution in [0.25, 0.3) is 0 Å². The first-order valence-corrected chi connectivity index (χ1v) is 8.11. The Morgan fingerprint density at radius 1 is 1.25 bits per heavy atom. The lowest BCUT2D eigenvalue weighted by molar-refractivity contribution is -0.143. The quantitative estimate of drug-likeness (QED) is 0.926. The van der Waals surface area contributed by atoms with Gasteiger partial charge in [-0.1, -0.05) is 12.1 Å². The van der Waals surface area contributed by atoms with Crippen molar-refractivity contribution in [3.63, 3.8) is 0 Å². The molecule has 2 rings (SSSR count). The summed E-state index contributed by atoms with van der Waals surface area (Å²) in [4.78, 5) is 25.0. The lowest BCUT2D eigenvalue weighted by Gasteiger charge is -2.30. The number of carbonyl (C=O) groups excluding carboxylic acids is 1. The van der Waals surface area contributed by atoms with Crippen LogP contribution in [-0.4, -0.2) is 41.2 Å². The highest BCUT2D eigenvalue weighted by atomic mass is 32.2. The van der Waals surface area contributed by atoms with Gasteiger partial charge in [-0.25, -0.2) is 0 Å². The zero-order valence-electron chi connectivity index (χ0n) is 11.5. The number of hydrogen-bond acceptors (Lipinski definition) is 3. The predicted octanol–water partition coefficient (Wildman–Crippen LogP) is 2.49. The van der Waals surface area contributed by atoms with Crippen molar-refractivity contribution in [2.45, 2.75) is 18.6 Å². The first-order valence-electron chi connectivity index (χ1n) is 6.71. The minimum atomic E-state index is -0.751. The molecule has 1 aromatic rings. The topological polar surface area (TPSA) is 57.6 Å². The summed E-state index contributed by atoms with van der Waals surface area (Å²) < 4.78 is 0. The van der Waals surface area contributed by atoms with Crippen molar-refractivity contribution >= 4 is 23.6 Å².